The number of imide groups is 2. The molecule has 0 bridgehead atoms. The van der Waals surface area contributed by atoms with Crippen LogP contribution in [0.4, 0.5) is 4.79 Å². The lowest BCUT2D eigenvalue weighted by molar-refractivity contribution is -0.129. The minimum Gasteiger partial charge on any atom is -0.462 e. The SMILES string of the molecule is CCOC(=O)c1c(-n2c(C)cc(C=C3C(=O)NC(=O)N(CC)C3=O)c2C)sc2c1CCCC2. The molecule has 9 heteroatoms. The third-order valence-corrected chi connectivity index (χ3v) is 7.38. The second kappa shape index (κ2) is 8.97. The van der Waals surface area contributed by atoms with Crippen molar-refractivity contribution in [3.8, 4) is 5.00 Å². The number of hydrogen-bond acceptors (Lipinski definition) is 6. The number of nitrogens with zero attached hydrogens (tertiary/aromatic N) is 2. The molecule has 0 aromatic carbocycles. The molecule has 2 aromatic heterocycles. The molecular weight excluding hydrogens is 442 g/mol. The van der Waals surface area contributed by atoms with Gasteiger partial charge in [-0.3, -0.25) is 19.8 Å². The molecule has 174 valence electrons. The van der Waals surface area contributed by atoms with Crippen molar-refractivity contribution >= 4 is 41.2 Å². The molecule has 0 radical (unpaired) electrons. The van der Waals surface area contributed by atoms with E-state index in [1.165, 1.54) is 11.0 Å². The van der Waals surface area contributed by atoms with Gasteiger partial charge in [0.1, 0.15) is 10.6 Å². The molecule has 0 spiro atoms. The van der Waals surface area contributed by atoms with E-state index < -0.39 is 17.8 Å². The number of hydrogen-bond donors (Lipinski definition) is 1. The smallest absolute Gasteiger partial charge is 0.341 e. The van der Waals surface area contributed by atoms with Gasteiger partial charge >= 0.3 is 12.0 Å². The Bertz CT molecular complexity index is 1200. The molecule has 4 rings (SSSR count). The summed E-state index contributed by atoms with van der Waals surface area (Å²) < 4.78 is 7.39. The molecule has 3 heterocycles. The molecule has 2 aliphatic rings. The van der Waals surface area contributed by atoms with Gasteiger partial charge in [0.25, 0.3) is 11.8 Å². The summed E-state index contributed by atoms with van der Waals surface area (Å²) in [4.78, 5) is 52.1. The van der Waals surface area contributed by atoms with Gasteiger partial charge < -0.3 is 9.30 Å². The Labute approximate surface area is 196 Å². The predicted molar refractivity (Wildman–Crippen MR) is 125 cm³/mol. The molecule has 1 aliphatic heterocycles. The van der Waals surface area contributed by atoms with Crippen LogP contribution in [0.3, 0.4) is 0 Å². The maximum atomic E-state index is 12.9. The number of amides is 4. The Morgan fingerprint density at radius 2 is 1.91 bits per heavy atom. The van der Waals surface area contributed by atoms with Crippen LogP contribution < -0.4 is 5.32 Å². The number of fused-ring (bicyclic) bond motifs is 1. The second-order valence-corrected chi connectivity index (χ2v) is 9.22. The fourth-order valence-corrected chi connectivity index (χ4v) is 5.99. The standard InChI is InChI=1S/C24H27N3O5S/c1-5-26-21(29)17(20(28)25-24(26)31)12-15-11-13(3)27(14(15)4)22-19(23(30)32-6-2)16-9-7-8-10-18(16)33-22/h11-12H,5-10H2,1-4H3,(H,25,28,31). The lowest BCUT2D eigenvalue weighted by Crippen LogP contribution is -2.53. The zero-order valence-corrected chi connectivity index (χ0v) is 20.1. The van der Waals surface area contributed by atoms with E-state index in [2.05, 4.69) is 5.32 Å². The van der Waals surface area contributed by atoms with E-state index in [-0.39, 0.29) is 18.1 Å². The molecule has 1 saturated heterocycles. The lowest BCUT2D eigenvalue weighted by Gasteiger charge is -2.24. The number of barbiturate groups is 1. The van der Waals surface area contributed by atoms with E-state index in [0.717, 1.165) is 52.5 Å². The van der Waals surface area contributed by atoms with E-state index in [9.17, 15) is 19.2 Å². The van der Waals surface area contributed by atoms with Crippen LogP contribution in [0.5, 0.6) is 0 Å². The third kappa shape index (κ3) is 3.90. The molecule has 1 aliphatic carbocycles. The number of nitrogens with one attached hydrogen (secondary N) is 1. The lowest BCUT2D eigenvalue weighted by atomic mass is 9.95. The molecule has 8 nitrogen and oxygen atoms in total. The first-order valence-corrected chi connectivity index (χ1v) is 12.0. The Balaban J connectivity index is 1.83. The van der Waals surface area contributed by atoms with E-state index >= 15 is 0 Å². The normalized spacial score (nSPS) is 17.4. The minimum absolute atomic E-state index is 0.0900. The Morgan fingerprint density at radius 1 is 1.18 bits per heavy atom. The zero-order valence-electron chi connectivity index (χ0n) is 19.2. The number of aryl methyl sites for hydroxylation is 2. The number of urea groups is 1. The first-order valence-electron chi connectivity index (χ1n) is 11.2. The van der Waals surface area contributed by atoms with Crippen molar-refractivity contribution in [3.63, 3.8) is 0 Å². The average molecular weight is 470 g/mol. The Morgan fingerprint density at radius 3 is 2.61 bits per heavy atom. The third-order valence-electron chi connectivity index (χ3n) is 6.11. The number of carbonyl (C=O) groups is 4. The molecule has 0 unspecified atom stereocenters. The van der Waals surface area contributed by atoms with Crippen LogP contribution in [0, 0.1) is 13.8 Å². The highest BCUT2D eigenvalue weighted by Gasteiger charge is 2.35. The molecule has 1 fully saturated rings. The van der Waals surface area contributed by atoms with Crippen LogP contribution in [0.25, 0.3) is 11.1 Å². The van der Waals surface area contributed by atoms with Crippen LogP contribution >= 0.6 is 11.3 Å². The van der Waals surface area contributed by atoms with E-state index in [4.69, 9.17) is 4.74 Å². The highest BCUT2D eigenvalue weighted by molar-refractivity contribution is 7.15. The van der Waals surface area contributed by atoms with Gasteiger partial charge in [0, 0.05) is 22.8 Å². The van der Waals surface area contributed by atoms with E-state index in [0.29, 0.717) is 17.7 Å². The van der Waals surface area contributed by atoms with Crippen LogP contribution in [-0.2, 0) is 27.2 Å². The van der Waals surface area contributed by atoms with Crippen molar-refractivity contribution in [1.82, 2.24) is 14.8 Å². The van der Waals surface area contributed by atoms with Crippen LogP contribution in [0.1, 0.15) is 64.4 Å². The summed E-state index contributed by atoms with van der Waals surface area (Å²) in [5, 5.41) is 3.03. The summed E-state index contributed by atoms with van der Waals surface area (Å²) in [5.74, 6) is -1.65. The van der Waals surface area contributed by atoms with Gasteiger partial charge in [0.05, 0.1) is 12.2 Å². The fraction of sp³-hybridized carbons (Fsp3) is 0.417. The number of ether oxygens (including phenoxy) is 1. The van der Waals surface area contributed by atoms with Crippen molar-refractivity contribution in [3.05, 3.63) is 44.6 Å². The van der Waals surface area contributed by atoms with Crippen LogP contribution in [0.15, 0.2) is 11.6 Å². The van der Waals surface area contributed by atoms with Gasteiger partial charge in [-0.15, -0.1) is 11.3 Å². The number of esters is 1. The number of carbonyl (C=O) groups excluding carboxylic acids is 4. The number of rotatable bonds is 5. The highest BCUT2D eigenvalue weighted by Crippen LogP contribution is 2.39. The minimum atomic E-state index is -0.710. The summed E-state index contributed by atoms with van der Waals surface area (Å²) in [6, 6.07) is 1.17. The number of likely N-dealkylation sites (N-methyl/N-ethyl adjacent to an activating group) is 1. The van der Waals surface area contributed by atoms with Crippen molar-refractivity contribution in [2.45, 2.75) is 53.4 Å². The van der Waals surface area contributed by atoms with Gasteiger partial charge in [-0.2, -0.15) is 0 Å². The molecule has 4 amide bonds. The van der Waals surface area contributed by atoms with Crippen molar-refractivity contribution in [2.24, 2.45) is 0 Å². The second-order valence-electron chi connectivity index (χ2n) is 8.14. The summed E-state index contributed by atoms with van der Waals surface area (Å²) in [6.07, 6.45) is 5.45. The molecular formula is C24H27N3O5S. The van der Waals surface area contributed by atoms with E-state index in [1.807, 2.05) is 24.5 Å². The topological polar surface area (TPSA) is 97.7 Å². The Hall–Kier alpha value is -3.20. The quantitative estimate of drug-likeness (QED) is 0.409. The number of aromatic nitrogens is 1. The van der Waals surface area contributed by atoms with E-state index in [1.54, 1.807) is 25.2 Å². The molecule has 2 aromatic rings. The molecule has 0 saturated carbocycles. The van der Waals surface area contributed by atoms with Crippen molar-refractivity contribution < 1.29 is 23.9 Å². The molecule has 33 heavy (non-hydrogen) atoms. The number of thiophene rings is 1. The van der Waals surface area contributed by atoms with Gasteiger partial charge in [0.15, 0.2) is 0 Å². The van der Waals surface area contributed by atoms with Gasteiger partial charge in [-0.05, 0) is 76.6 Å². The summed E-state index contributed by atoms with van der Waals surface area (Å²) in [7, 11) is 0. The fourth-order valence-electron chi connectivity index (χ4n) is 4.51. The first kappa shape index (κ1) is 23.0. The predicted octanol–water partition coefficient (Wildman–Crippen LogP) is 3.69. The van der Waals surface area contributed by atoms with Crippen LogP contribution in [-0.4, -0.2) is 46.4 Å². The van der Waals surface area contributed by atoms with Gasteiger partial charge in [-0.25, -0.2) is 9.59 Å². The van der Waals surface area contributed by atoms with Gasteiger partial charge in [0.2, 0.25) is 0 Å². The highest BCUT2D eigenvalue weighted by atomic mass is 32.1. The monoisotopic (exact) mass is 469 g/mol. The molecule has 1 N–H and O–H groups in total. The summed E-state index contributed by atoms with van der Waals surface area (Å²) in [6.45, 7) is 7.75. The molecule has 0 atom stereocenters. The van der Waals surface area contributed by atoms with Gasteiger partial charge in [-0.1, -0.05) is 0 Å². The Kier molecular flexibility index (Phi) is 6.25. The van der Waals surface area contributed by atoms with Crippen molar-refractivity contribution in [2.75, 3.05) is 13.2 Å². The largest absolute Gasteiger partial charge is 0.462 e. The average Bonchev–Trinajstić information content (AvgIpc) is 3.27. The van der Waals surface area contributed by atoms with Crippen molar-refractivity contribution in [1.29, 1.82) is 0 Å². The summed E-state index contributed by atoms with van der Waals surface area (Å²) >= 11 is 1.60. The first-order chi connectivity index (χ1) is 15.8. The zero-order chi connectivity index (χ0) is 23.9. The maximum absolute atomic E-state index is 12.9. The van der Waals surface area contributed by atoms with Crippen LogP contribution in [0.2, 0.25) is 0 Å². The maximum Gasteiger partial charge on any atom is 0.341 e. The summed E-state index contributed by atoms with van der Waals surface area (Å²) in [5.41, 5.74) is 3.95.